The summed E-state index contributed by atoms with van der Waals surface area (Å²) in [4.78, 5) is 13.1. The maximum Gasteiger partial charge on any atom is 0.253 e. The Morgan fingerprint density at radius 3 is 2.47 bits per heavy atom. The molecule has 7 heteroatoms. The Morgan fingerprint density at radius 1 is 1.05 bits per heavy atom. The lowest BCUT2D eigenvalue weighted by Crippen LogP contribution is -2.39. The van der Waals surface area contributed by atoms with Crippen molar-refractivity contribution in [2.24, 2.45) is 0 Å². The molecule has 4 rings (SSSR count). The number of benzene rings is 3. The molecule has 6 nitrogen and oxygen atoms in total. The first-order valence-electron chi connectivity index (χ1n) is 12.5. The zero-order valence-electron chi connectivity index (χ0n) is 21.4. The molecule has 3 aromatic carbocycles. The van der Waals surface area contributed by atoms with Gasteiger partial charge in [-0.25, -0.2) is 0 Å². The van der Waals surface area contributed by atoms with Gasteiger partial charge in [-0.2, -0.15) is 5.26 Å². The summed E-state index contributed by atoms with van der Waals surface area (Å²) < 4.78 is 6.05. The highest BCUT2D eigenvalue weighted by molar-refractivity contribution is 6.34. The summed E-state index contributed by atoms with van der Waals surface area (Å²) in [5.41, 5.74) is 4.91. The highest BCUT2D eigenvalue weighted by Gasteiger charge is 2.18. The van der Waals surface area contributed by atoms with E-state index < -0.39 is 6.04 Å². The van der Waals surface area contributed by atoms with Crippen LogP contribution in [-0.2, 0) is 13.0 Å². The summed E-state index contributed by atoms with van der Waals surface area (Å²) in [6, 6.07) is 26.2. The maximum atomic E-state index is 13.1. The Morgan fingerprint density at radius 2 is 1.79 bits per heavy atom. The lowest BCUT2D eigenvalue weighted by molar-refractivity contribution is 0.0916. The molecule has 0 aliphatic heterocycles. The number of carbonyl (C=O) groups is 1. The van der Waals surface area contributed by atoms with Gasteiger partial charge in [0.15, 0.2) is 0 Å². The second-order valence-electron chi connectivity index (χ2n) is 9.34. The predicted molar refractivity (Wildman–Crippen MR) is 149 cm³/mol. The number of halogens is 1. The van der Waals surface area contributed by atoms with Crippen LogP contribution in [0.25, 0.3) is 11.3 Å². The maximum absolute atomic E-state index is 13.1. The van der Waals surface area contributed by atoms with Gasteiger partial charge in [0.25, 0.3) is 5.91 Å². The number of nitriles is 1. The molecule has 1 aromatic heterocycles. The van der Waals surface area contributed by atoms with Crippen molar-refractivity contribution in [3.8, 4) is 17.4 Å². The van der Waals surface area contributed by atoms with Crippen LogP contribution in [0.4, 0.5) is 0 Å². The molecule has 0 aliphatic carbocycles. The molecule has 0 fully saturated rings. The normalized spacial score (nSPS) is 12.5. The topological polar surface area (TPSA) is 98.3 Å². The standard InChI is InChI=1S/C31H30ClN3O3/c1-20-3-9-24(10-4-20)21(2)34-18-27-12-14-30(38-27)25-11-13-29(32)28(16-25)31(37)35-26(19-36)15-22-5-7-23(17-33)8-6-22/h3-14,16,21,26,34,36H,15,18-19H2,1-2H3,(H,35,37). The van der Waals surface area contributed by atoms with Gasteiger partial charge >= 0.3 is 0 Å². The monoisotopic (exact) mass is 527 g/mol. The summed E-state index contributed by atoms with van der Waals surface area (Å²) in [5, 5.41) is 25.4. The van der Waals surface area contributed by atoms with E-state index in [1.54, 1.807) is 24.3 Å². The number of nitrogens with one attached hydrogen (secondary N) is 2. The minimum Gasteiger partial charge on any atom is -0.460 e. The van der Waals surface area contributed by atoms with E-state index in [9.17, 15) is 9.90 Å². The molecule has 38 heavy (non-hydrogen) atoms. The minimum atomic E-state index is -0.507. The first-order valence-corrected chi connectivity index (χ1v) is 12.8. The SMILES string of the molecule is Cc1ccc(C(C)NCc2ccc(-c3ccc(Cl)c(C(=O)NC(CO)Cc4ccc(C#N)cc4)c3)o2)cc1. The zero-order chi connectivity index (χ0) is 27.1. The molecular weight excluding hydrogens is 498 g/mol. The largest absolute Gasteiger partial charge is 0.460 e. The van der Waals surface area contributed by atoms with E-state index in [-0.39, 0.29) is 18.6 Å². The Hall–Kier alpha value is -3.89. The van der Waals surface area contributed by atoms with Crippen LogP contribution in [0.2, 0.25) is 5.02 Å². The van der Waals surface area contributed by atoms with Crippen LogP contribution in [0.15, 0.2) is 83.3 Å². The van der Waals surface area contributed by atoms with E-state index in [1.165, 1.54) is 11.1 Å². The highest BCUT2D eigenvalue weighted by atomic mass is 35.5. The van der Waals surface area contributed by atoms with Crippen LogP contribution < -0.4 is 10.6 Å². The van der Waals surface area contributed by atoms with Crippen molar-refractivity contribution >= 4 is 17.5 Å². The second kappa shape index (κ2) is 12.6. The summed E-state index contributed by atoms with van der Waals surface area (Å²) in [6.07, 6.45) is 0.417. The molecular formula is C31H30ClN3O3. The molecule has 1 amide bonds. The average Bonchev–Trinajstić information content (AvgIpc) is 3.41. The van der Waals surface area contributed by atoms with Crippen molar-refractivity contribution in [1.82, 2.24) is 10.6 Å². The van der Waals surface area contributed by atoms with Gasteiger partial charge in [-0.15, -0.1) is 0 Å². The summed E-state index contributed by atoms with van der Waals surface area (Å²) in [7, 11) is 0. The van der Waals surface area contributed by atoms with Crippen molar-refractivity contribution in [1.29, 1.82) is 5.26 Å². The van der Waals surface area contributed by atoms with Gasteiger partial charge in [-0.1, -0.05) is 53.6 Å². The Kier molecular flexibility index (Phi) is 8.98. The molecule has 2 unspecified atom stereocenters. The van der Waals surface area contributed by atoms with Gasteiger partial charge in [-0.3, -0.25) is 4.79 Å². The number of aryl methyl sites for hydroxylation is 1. The minimum absolute atomic E-state index is 0.165. The van der Waals surface area contributed by atoms with Crippen molar-refractivity contribution in [3.05, 3.63) is 117 Å². The Labute approximate surface area is 227 Å². The van der Waals surface area contributed by atoms with E-state index >= 15 is 0 Å². The number of aliphatic hydroxyl groups excluding tert-OH is 1. The number of rotatable bonds is 10. The number of hydrogen-bond donors (Lipinski definition) is 3. The molecule has 0 aliphatic rings. The fraction of sp³-hybridized carbons (Fsp3) is 0.226. The van der Waals surface area contributed by atoms with Gasteiger partial charge in [0.05, 0.1) is 41.4 Å². The molecule has 0 saturated heterocycles. The van der Waals surface area contributed by atoms with E-state index in [4.69, 9.17) is 21.3 Å². The van der Waals surface area contributed by atoms with Gasteiger partial charge in [-0.05, 0) is 73.9 Å². The van der Waals surface area contributed by atoms with E-state index in [1.807, 2.05) is 30.3 Å². The highest BCUT2D eigenvalue weighted by Crippen LogP contribution is 2.27. The zero-order valence-corrected chi connectivity index (χ0v) is 22.1. The van der Waals surface area contributed by atoms with E-state index in [0.717, 1.165) is 16.9 Å². The smallest absolute Gasteiger partial charge is 0.253 e. The third-order valence-electron chi connectivity index (χ3n) is 6.44. The molecule has 3 N–H and O–H groups in total. The average molecular weight is 528 g/mol. The van der Waals surface area contributed by atoms with Gasteiger partial charge in [0, 0.05) is 11.6 Å². The molecule has 194 valence electrons. The van der Waals surface area contributed by atoms with Gasteiger partial charge < -0.3 is 20.2 Å². The van der Waals surface area contributed by atoms with Crippen LogP contribution in [0.5, 0.6) is 0 Å². The summed E-state index contributed by atoms with van der Waals surface area (Å²) in [5.74, 6) is 1.03. The number of nitrogens with zero attached hydrogens (tertiary/aromatic N) is 1. The van der Waals surface area contributed by atoms with Crippen LogP contribution in [0.3, 0.4) is 0 Å². The molecule has 0 radical (unpaired) electrons. The number of carbonyl (C=O) groups excluding carboxylic acids is 1. The fourth-order valence-electron chi connectivity index (χ4n) is 4.13. The summed E-state index contributed by atoms with van der Waals surface area (Å²) in [6.45, 7) is 4.50. The van der Waals surface area contributed by atoms with Gasteiger partial charge in [0.2, 0.25) is 0 Å². The van der Waals surface area contributed by atoms with Crippen LogP contribution in [0.1, 0.15) is 51.3 Å². The molecule has 0 spiro atoms. The predicted octanol–water partition coefficient (Wildman–Crippen LogP) is 5.96. The van der Waals surface area contributed by atoms with Crippen molar-refractivity contribution < 1.29 is 14.3 Å². The first kappa shape index (κ1) is 27.2. The van der Waals surface area contributed by atoms with Crippen LogP contribution in [0, 0.1) is 18.3 Å². The van der Waals surface area contributed by atoms with E-state index in [2.05, 4.69) is 54.8 Å². The van der Waals surface area contributed by atoms with Crippen LogP contribution >= 0.6 is 11.6 Å². The van der Waals surface area contributed by atoms with Crippen molar-refractivity contribution in [2.45, 2.75) is 38.9 Å². The first-order chi connectivity index (χ1) is 18.4. The third kappa shape index (κ3) is 6.90. The Bertz CT molecular complexity index is 1420. The molecule has 1 heterocycles. The van der Waals surface area contributed by atoms with Crippen molar-refractivity contribution in [3.63, 3.8) is 0 Å². The van der Waals surface area contributed by atoms with Crippen LogP contribution in [-0.4, -0.2) is 23.7 Å². The second-order valence-corrected chi connectivity index (χ2v) is 9.75. The lowest BCUT2D eigenvalue weighted by atomic mass is 10.0. The number of furan rings is 1. The lowest BCUT2D eigenvalue weighted by Gasteiger charge is -2.17. The number of hydrogen-bond acceptors (Lipinski definition) is 5. The quantitative estimate of drug-likeness (QED) is 0.236. The molecule has 0 bridgehead atoms. The van der Waals surface area contributed by atoms with Gasteiger partial charge in [0.1, 0.15) is 11.5 Å². The fourth-order valence-corrected chi connectivity index (χ4v) is 4.33. The van der Waals surface area contributed by atoms with Crippen molar-refractivity contribution in [2.75, 3.05) is 6.61 Å². The van der Waals surface area contributed by atoms with E-state index in [0.29, 0.717) is 34.9 Å². The number of aliphatic hydroxyl groups is 1. The Balaban J connectivity index is 1.41. The third-order valence-corrected chi connectivity index (χ3v) is 6.77. The molecule has 2 atom stereocenters. The number of amides is 1. The molecule has 0 saturated carbocycles. The molecule has 4 aromatic rings. The summed E-state index contributed by atoms with van der Waals surface area (Å²) >= 11 is 6.36.